The summed E-state index contributed by atoms with van der Waals surface area (Å²) in [6, 6.07) is 9.98. The second kappa shape index (κ2) is 6.25. The second-order valence-corrected chi connectivity index (χ2v) is 5.55. The van der Waals surface area contributed by atoms with Crippen LogP contribution in [0.1, 0.15) is 25.3 Å². The summed E-state index contributed by atoms with van der Waals surface area (Å²) in [5.74, 6) is 0.0719. The molecule has 1 amide bonds. The van der Waals surface area contributed by atoms with E-state index in [-0.39, 0.29) is 5.91 Å². The van der Waals surface area contributed by atoms with Crippen molar-refractivity contribution in [3.05, 3.63) is 34.9 Å². The van der Waals surface area contributed by atoms with Crippen LogP contribution in [0.4, 0.5) is 0 Å². The first-order valence-corrected chi connectivity index (χ1v) is 7.09. The number of nitrogens with zero attached hydrogens (tertiary/aromatic N) is 2. The van der Waals surface area contributed by atoms with Crippen LogP contribution in [0.25, 0.3) is 0 Å². The Bertz CT molecular complexity index is 530. The molecule has 0 atom stereocenters. The molecule has 1 saturated heterocycles. The zero-order valence-corrected chi connectivity index (χ0v) is 12.3. The van der Waals surface area contributed by atoms with Gasteiger partial charge in [0.25, 0.3) is 0 Å². The van der Waals surface area contributed by atoms with Crippen LogP contribution >= 0.6 is 11.6 Å². The van der Waals surface area contributed by atoms with E-state index >= 15 is 0 Å². The fourth-order valence-electron chi connectivity index (χ4n) is 2.44. The monoisotopic (exact) mass is 291 g/mol. The third kappa shape index (κ3) is 3.30. The molecule has 0 unspecified atom stereocenters. The first kappa shape index (κ1) is 14.8. The molecule has 1 heterocycles. The molecule has 0 aromatic heterocycles. The van der Waals surface area contributed by atoms with Crippen molar-refractivity contribution in [3.63, 3.8) is 0 Å². The topological polar surface area (TPSA) is 56.1 Å². The number of carbonyl (C=O) groups excluding carboxylic acids is 1. The number of halogens is 1. The fraction of sp³-hybridized carbons (Fsp3) is 0.467. The number of nitriles is 1. The molecule has 0 radical (unpaired) electrons. The van der Waals surface area contributed by atoms with Crippen LogP contribution < -0.4 is 5.32 Å². The smallest absolute Gasteiger partial charge is 0.219 e. The number of likely N-dealkylation sites (tertiary alicyclic amines) is 1. The van der Waals surface area contributed by atoms with Crippen LogP contribution in [0.5, 0.6) is 0 Å². The van der Waals surface area contributed by atoms with Gasteiger partial charge in [-0.3, -0.25) is 10.1 Å². The van der Waals surface area contributed by atoms with E-state index in [1.54, 1.807) is 11.8 Å². The normalized spacial score (nSPS) is 17.6. The van der Waals surface area contributed by atoms with Gasteiger partial charge in [-0.2, -0.15) is 5.26 Å². The first-order valence-electron chi connectivity index (χ1n) is 6.71. The molecule has 1 aliphatic heterocycles. The van der Waals surface area contributed by atoms with Crippen molar-refractivity contribution in [3.8, 4) is 6.07 Å². The average molecular weight is 292 g/mol. The van der Waals surface area contributed by atoms with Crippen molar-refractivity contribution < 1.29 is 4.79 Å². The quantitative estimate of drug-likeness (QED) is 0.930. The molecule has 1 aliphatic rings. The van der Waals surface area contributed by atoms with Crippen molar-refractivity contribution in [2.75, 3.05) is 13.1 Å². The third-order valence-corrected chi connectivity index (χ3v) is 4.22. The lowest BCUT2D eigenvalue weighted by Crippen LogP contribution is -2.53. The van der Waals surface area contributed by atoms with Crippen LogP contribution in [-0.4, -0.2) is 29.4 Å². The summed E-state index contributed by atoms with van der Waals surface area (Å²) in [4.78, 5) is 13.1. The standard InChI is InChI=1S/C15H18ClN3O/c1-12(20)19-8-6-15(11-17,7-9-19)18-10-13-4-2-3-5-14(13)16/h2-5,18H,6-10H2,1H3. The van der Waals surface area contributed by atoms with E-state index in [0.717, 1.165) is 5.56 Å². The van der Waals surface area contributed by atoms with Gasteiger partial charge in [0.15, 0.2) is 0 Å². The molecule has 5 heteroatoms. The van der Waals surface area contributed by atoms with E-state index in [2.05, 4.69) is 11.4 Å². The van der Waals surface area contributed by atoms with Gasteiger partial charge in [-0.15, -0.1) is 0 Å². The predicted octanol–water partition coefficient (Wildman–Crippen LogP) is 2.33. The maximum atomic E-state index is 11.3. The Morgan fingerprint density at radius 2 is 2.10 bits per heavy atom. The SMILES string of the molecule is CC(=O)N1CCC(C#N)(NCc2ccccc2Cl)CC1. The summed E-state index contributed by atoms with van der Waals surface area (Å²) < 4.78 is 0. The van der Waals surface area contributed by atoms with Gasteiger partial charge in [-0.05, 0) is 24.5 Å². The van der Waals surface area contributed by atoms with E-state index < -0.39 is 5.54 Å². The Hall–Kier alpha value is -1.57. The molecule has 0 spiro atoms. The number of piperidine rings is 1. The molecule has 1 fully saturated rings. The number of rotatable bonds is 3. The van der Waals surface area contributed by atoms with E-state index in [9.17, 15) is 10.1 Å². The van der Waals surface area contributed by atoms with Gasteiger partial charge in [-0.25, -0.2) is 0 Å². The van der Waals surface area contributed by atoms with E-state index in [1.165, 1.54) is 0 Å². The van der Waals surface area contributed by atoms with Gasteiger partial charge >= 0.3 is 0 Å². The molecule has 4 nitrogen and oxygen atoms in total. The molecule has 1 aromatic carbocycles. The summed E-state index contributed by atoms with van der Waals surface area (Å²) in [5, 5.41) is 13.5. The third-order valence-electron chi connectivity index (χ3n) is 3.85. The highest BCUT2D eigenvalue weighted by molar-refractivity contribution is 6.31. The second-order valence-electron chi connectivity index (χ2n) is 5.14. The molecular weight excluding hydrogens is 274 g/mol. The molecule has 1 aromatic rings. The van der Waals surface area contributed by atoms with Crippen molar-refractivity contribution in [2.45, 2.75) is 31.8 Å². The predicted molar refractivity (Wildman–Crippen MR) is 78.1 cm³/mol. The minimum Gasteiger partial charge on any atom is -0.343 e. The van der Waals surface area contributed by atoms with Crippen molar-refractivity contribution in [1.82, 2.24) is 10.2 Å². The van der Waals surface area contributed by atoms with Crippen LogP contribution in [-0.2, 0) is 11.3 Å². The van der Waals surface area contributed by atoms with Gasteiger partial charge < -0.3 is 4.90 Å². The van der Waals surface area contributed by atoms with Crippen LogP contribution in [0, 0.1) is 11.3 Å². The highest BCUT2D eigenvalue weighted by atomic mass is 35.5. The van der Waals surface area contributed by atoms with Gasteiger partial charge in [-0.1, -0.05) is 29.8 Å². The lowest BCUT2D eigenvalue weighted by molar-refractivity contribution is -0.130. The maximum Gasteiger partial charge on any atom is 0.219 e. The first-order chi connectivity index (χ1) is 9.56. The lowest BCUT2D eigenvalue weighted by Gasteiger charge is -2.37. The van der Waals surface area contributed by atoms with Gasteiger partial charge in [0.1, 0.15) is 5.54 Å². The Balaban J connectivity index is 1.99. The fourth-order valence-corrected chi connectivity index (χ4v) is 2.64. The van der Waals surface area contributed by atoms with Crippen LogP contribution in [0.15, 0.2) is 24.3 Å². The molecule has 0 saturated carbocycles. The van der Waals surface area contributed by atoms with Gasteiger partial charge in [0, 0.05) is 31.6 Å². The summed E-state index contributed by atoms with van der Waals surface area (Å²) in [6.07, 6.45) is 1.29. The number of carbonyl (C=O) groups is 1. The van der Waals surface area contributed by atoms with E-state index in [1.807, 2.05) is 24.3 Å². The molecule has 106 valence electrons. The summed E-state index contributed by atoms with van der Waals surface area (Å²) in [5.41, 5.74) is 0.420. The van der Waals surface area contributed by atoms with Crippen LogP contribution in [0.2, 0.25) is 5.02 Å². The minimum atomic E-state index is -0.564. The molecule has 1 N–H and O–H groups in total. The number of hydrogen-bond acceptors (Lipinski definition) is 3. The Labute approximate surface area is 124 Å². The Kier molecular flexibility index (Phi) is 4.64. The zero-order chi connectivity index (χ0) is 14.6. The summed E-state index contributed by atoms with van der Waals surface area (Å²) in [6.45, 7) is 3.38. The molecule has 0 bridgehead atoms. The van der Waals surface area contributed by atoms with Crippen molar-refractivity contribution >= 4 is 17.5 Å². The number of hydrogen-bond donors (Lipinski definition) is 1. The Morgan fingerprint density at radius 1 is 1.45 bits per heavy atom. The average Bonchev–Trinajstić information content (AvgIpc) is 2.47. The zero-order valence-electron chi connectivity index (χ0n) is 11.5. The van der Waals surface area contributed by atoms with Crippen molar-refractivity contribution in [1.29, 1.82) is 5.26 Å². The van der Waals surface area contributed by atoms with E-state index in [0.29, 0.717) is 37.5 Å². The van der Waals surface area contributed by atoms with Crippen molar-refractivity contribution in [2.24, 2.45) is 0 Å². The highest BCUT2D eigenvalue weighted by Gasteiger charge is 2.35. The van der Waals surface area contributed by atoms with Gasteiger partial charge in [0.05, 0.1) is 6.07 Å². The van der Waals surface area contributed by atoms with Crippen LogP contribution in [0.3, 0.4) is 0 Å². The maximum absolute atomic E-state index is 11.3. The summed E-state index contributed by atoms with van der Waals surface area (Å²) in [7, 11) is 0. The molecule has 20 heavy (non-hydrogen) atoms. The lowest BCUT2D eigenvalue weighted by atomic mass is 9.88. The van der Waals surface area contributed by atoms with E-state index in [4.69, 9.17) is 11.6 Å². The molecular formula is C15H18ClN3O. The minimum absolute atomic E-state index is 0.0719. The molecule has 0 aliphatic carbocycles. The Morgan fingerprint density at radius 3 is 2.65 bits per heavy atom. The summed E-state index contributed by atoms with van der Waals surface area (Å²) >= 11 is 6.12. The van der Waals surface area contributed by atoms with Gasteiger partial charge in [0.2, 0.25) is 5.91 Å². The largest absolute Gasteiger partial charge is 0.343 e. The highest BCUT2D eigenvalue weighted by Crippen LogP contribution is 2.23. The number of benzene rings is 1. The number of nitrogens with one attached hydrogen (secondary N) is 1. The molecule has 2 rings (SSSR count). The number of amides is 1.